The molecular weight excluding hydrogens is 224 g/mol. The summed E-state index contributed by atoms with van der Waals surface area (Å²) < 4.78 is 1.99. The molecule has 0 bridgehead atoms. The lowest BCUT2D eigenvalue weighted by Crippen LogP contribution is -2.30. The number of anilines is 2. The monoisotopic (exact) mass is 248 g/mol. The maximum absolute atomic E-state index is 6.34. The molecule has 3 rings (SSSR count). The van der Waals surface area contributed by atoms with E-state index in [1.807, 2.05) is 11.7 Å². The highest BCUT2D eigenvalue weighted by atomic mass is 15.4. The molecule has 0 aromatic carbocycles. The summed E-state index contributed by atoms with van der Waals surface area (Å²) in [5.74, 6) is 2.45. The van der Waals surface area contributed by atoms with Crippen LogP contribution in [0.4, 0.5) is 11.5 Å². The third-order valence-electron chi connectivity index (χ3n) is 4.04. The summed E-state index contributed by atoms with van der Waals surface area (Å²) in [4.78, 5) is 2.52. The third-order valence-corrected chi connectivity index (χ3v) is 4.04. The summed E-state index contributed by atoms with van der Waals surface area (Å²) in [5.41, 5.74) is 8.30. The van der Waals surface area contributed by atoms with E-state index in [2.05, 4.69) is 23.8 Å². The highest BCUT2D eigenvalue weighted by molar-refractivity contribution is 5.68. The van der Waals surface area contributed by atoms with E-state index in [1.165, 1.54) is 32.2 Å². The molecule has 2 saturated carbocycles. The molecule has 1 aromatic rings. The molecule has 4 nitrogen and oxygen atoms in total. The van der Waals surface area contributed by atoms with Crippen LogP contribution in [0.2, 0.25) is 0 Å². The number of aryl methyl sites for hydroxylation is 1. The standard InChI is InChI=1S/C14H24N4/c1-9(2)13-12(15)14(17(3)16-13)18(11-6-7-11)8-10-4-5-10/h9-11H,4-8,15H2,1-3H3. The topological polar surface area (TPSA) is 47.1 Å². The number of nitrogen functional groups attached to an aromatic ring is 1. The molecular formula is C14H24N4. The van der Waals surface area contributed by atoms with Crippen molar-refractivity contribution in [2.75, 3.05) is 17.2 Å². The van der Waals surface area contributed by atoms with Gasteiger partial charge in [0.25, 0.3) is 0 Å². The lowest BCUT2D eigenvalue weighted by molar-refractivity contribution is 0.655. The Labute approximate surface area is 109 Å². The molecule has 18 heavy (non-hydrogen) atoms. The minimum absolute atomic E-state index is 0.395. The fourth-order valence-electron chi connectivity index (χ4n) is 2.69. The minimum atomic E-state index is 0.395. The molecule has 2 fully saturated rings. The van der Waals surface area contributed by atoms with Crippen LogP contribution in [0.3, 0.4) is 0 Å². The Morgan fingerprint density at radius 3 is 2.44 bits per heavy atom. The lowest BCUT2D eigenvalue weighted by atomic mass is 10.1. The lowest BCUT2D eigenvalue weighted by Gasteiger charge is -2.25. The molecule has 0 saturated heterocycles. The largest absolute Gasteiger partial charge is 0.394 e. The summed E-state index contributed by atoms with van der Waals surface area (Å²) >= 11 is 0. The second-order valence-corrected chi connectivity index (χ2v) is 6.23. The van der Waals surface area contributed by atoms with Crippen LogP contribution < -0.4 is 10.6 Å². The summed E-state index contributed by atoms with van der Waals surface area (Å²) in [5, 5.41) is 4.62. The number of hydrogen-bond acceptors (Lipinski definition) is 3. The number of aromatic nitrogens is 2. The number of hydrogen-bond donors (Lipinski definition) is 1. The molecule has 0 radical (unpaired) electrons. The van der Waals surface area contributed by atoms with Crippen LogP contribution in [0.15, 0.2) is 0 Å². The van der Waals surface area contributed by atoms with Gasteiger partial charge in [-0.2, -0.15) is 5.10 Å². The first-order chi connectivity index (χ1) is 8.58. The fourth-order valence-corrected chi connectivity index (χ4v) is 2.69. The summed E-state index contributed by atoms with van der Waals surface area (Å²) in [6.07, 6.45) is 5.40. The van der Waals surface area contributed by atoms with Gasteiger partial charge in [-0.15, -0.1) is 0 Å². The Bertz CT molecular complexity index is 441. The van der Waals surface area contributed by atoms with E-state index in [-0.39, 0.29) is 0 Å². The van der Waals surface area contributed by atoms with Crippen LogP contribution in [-0.4, -0.2) is 22.4 Å². The van der Waals surface area contributed by atoms with Gasteiger partial charge in [0.2, 0.25) is 0 Å². The smallest absolute Gasteiger partial charge is 0.150 e. The van der Waals surface area contributed by atoms with Crippen molar-refractivity contribution in [2.24, 2.45) is 13.0 Å². The highest BCUT2D eigenvalue weighted by Crippen LogP contribution is 2.41. The molecule has 2 aliphatic carbocycles. The molecule has 4 heteroatoms. The van der Waals surface area contributed by atoms with E-state index in [9.17, 15) is 0 Å². The van der Waals surface area contributed by atoms with Gasteiger partial charge in [-0.05, 0) is 37.5 Å². The van der Waals surface area contributed by atoms with Gasteiger partial charge in [0, 0.05) is 19.6 Å². The number of rotatable bonds is 5. The van der Waals surface area contributed by atoms with E-state index < -0.39 is 0 Å². The van der Waals surface area contributed by atoms with Crippen LogP contribution in [0, 0.1) is 5.92 Å². The molecule has 100 valence electrons. The van der Waals surface area contributed by atoms with Gasteiger partial charge in [0.1, 0.15) is 0 Å². The predicted octanol–water partition coefficient (Wildman–Crippen LogP) is 2.50. The van der Waals surface area contributed by atoms with Gasteiger partial charge >= 0.3 is 0 Å². The SMILES string of the molecule is CC(C)c1nn(C)c(N(CC2CC2)C2CC2)c1N. The van der Waals surface area contributed by atoms with Crippen LogP contribution in [0.5, 0.6) is 0 Å². The first-order valence-corrected chi connectivity index (χ1v) is 7.17. The van der Waals surface area contributed by atoms with Crippen LogP contribution >= 0.6 is 0 Å². The Hall–Kier alpha value is -1.19. The van der Waals surface area contributed by atoms with Gasteiger partial charge < -0.3 is 10.6 Å². The van der Waals surface area contributed by atoms with E-state index in [4.69, 9.17) is 5.73 Å². The van der Waals surface area contributed by atoms with Crippen molar-refractivity contribution < 1.29 is 0 Å². The maximum Gasteiger partial charge on any atom is 0.150 e. The predicted molar refractivity (Wildman–Crippen MR) is 74.8 cm³/mol. The molecule has 1 aromatic heterocycles. The molecule has 1 heterocycles. The number of nitrogens with zero attached hydrogens (tertiary/aromatic N) is 3. The van der Waals surface area contributed by atoms with Gasteiger partial charge in [-0.1, -0.05) is 13.8 Å². The van der Waals surface area contributed by atoms with Crippen molar-refractivity contribution in [3.05, 3.63) is 5.69 Å². The molecule has 0 aliphatic heterocycles. The van der Waals surface area contributed by atoms with Crippen molar-refractivity contribution >= 4 is 11.5 Å². The van der Waals surface area contributed by atoms with Crippen LogP contribution in [0.1, 0.15) is 51.1 Å². The first kappa shape index (κ1) is 11.9. The van der Waals surface area contributed by atoms with Crippen molar-refractivity contribution in [3.8, 4) is 0 Å². The Balaban J connectivity index is 1.92. The normalized spacial score (nSPS) is 19.6. The van der Waals surface area contributed by atoms with E-state index in [0.717, 1.165) is 23.1 Å². The van der Waals surface area contributed by atoms with Gasteiger partial charge in [0.15, 0.2) is 5.82 Å². The zero-order chi connectivity index (χ0) is 12.9. The molecule has 0 atom stereocenters. The third kappa shape index (κ3) is 2.08. The van der Waals surface area contributed by atoms with Gasteiger partial charge in [-0.3, -0.25) is 4.68 Å². The molecule has 0 amide bonds. The van der Waals surface area contributed by atoms with Gasteiger partial charge in [-0.25, -0.2) is 0 Å². The van der Waals surface area contributed by atoms with Gasteiger partial charge in [0.05, 0.1) is 11.4 Å². The van der Waals surface area contributed by atoms with Crippen molar-refractivity contribution in [1.82, 2.24) is 9.78 Å². The molecule has 2 aliphatic rings. The van der Waals surface area contributed by atoms with E-state index >= 15 is 0 Å². The minimum Gasteiger partial charge on any atom is -0.394 e. The Morgan fingerprint density at radius 2 is 2.00 bits per heavy atom. The van der Waals surface area contributed by atoms with Crippen LogP contribution in [0.25, 0.3) is 0 Å². The average molecular weight is 248 g/mol. The zero-order valence-electron chi connectivity index (χ0n) is 11.7. The quantitative estimate of drug-likeness (QED) is 0.871. The first-order valence-electron chi connectivity index (χ1n) is 7.17. The second kappa shape index (κ2) is 4.18. The Kier molecular flexibility index (Phi) is 2.76. The highest BCUT2D eigenvalue weighted by Gasteiger charge is 2.36. The summed E-state index contributed by atoms with van der Waals surface area (Å²) in [6.45, 7) is 5.49. The summed E-state index contributed by atoms with van der Waals surface area (Å²) in [7, 11) is 2.03. The second-order valence-electron chi connectivity index (χ2n) is 6.23. The number of nitrogens with two attached hydrogens (primary N) is 1. The molecule has 0 spiro atoms. The van der Waals surface area contributed by atoms with Crippen molar-refractivity contribution in [2.45, 2.75) is 51.5 Å². The summed E-state index contributed by atoms with van der Waals surface area (Å²) in [6, 6.07) is 0.711. The van der Waals surface area contributed by atoms with E-state index in [0.29, 0.717) is 12.0 Å². The Morgan fingerprint density at radius 1 is 1.33 bits per heavy atom. The van der Waals surface area contributed by atoms with Crippen LogP contribution in [-0.2, 0) is 7.05 Å². The molecule has 0 unspecified atom stereocenters. The fraction of sp³-hybridized carbons (Fsp3) is 0.786. The van der Waals surface area contributed by atoms with Crippen molar-refractivity contribution in [3.63, 3.8) is 0 Å². The van der Waals surface area contributed by atoms with E-state index in [1.54, 1.807) is 0 Å². The maximum atomic E-state index is 6.34. The molecule has 2 N–H and O–H groups in total. The zero-order valence-corrected chi connectivity index (χ0v) is 11.7. The van der Waals surface area contributed by atoms with Crippen molar-refractivity contribution in [1.29, 1.82) is 0 Å². The average Bonchev–Trinajstić information content (AvgIpc) is 3.16.